The van der Waals surface area contributed by atoms with Gasteiger partial charge in [-0.1, -0.05) is 38.1 Å². The molecule has 0 aromatic heterocycles. The molecule has 0 atom stereocenters. The lowest BCUT2D eigenvalue weighted by atomic mass is 10.0. The molecule has 2 N–H and O–H groups in total. The molecule has 0 aliphatic rings. The SMILES string of the molecule is COc1cccc(CCNC(=O)CCNc2ccc(C(C)C)cc2)c1. The first-order chi connectivity index (χ1) is 12.1. The summed E-state index contributed by atoms with van der Waals surface area (Å²) in [4.78, 5) is 11.9. The van der Waals surface area contributed by atoms with Crippen molar-refractivity contribution < 1.29 is 9.53 Å². The molecule has 0 unspecified atom stereocenters. The summed E-state index contributed by atoms with van der Waals surface area (Å²) in [6.45, 7) is 5.62. The van der Waals surface area contributed by atoms with Crippen LogP contribution in [0.3, 0.4) is 0 Å². The van der Waals surface area contributed by atoms with Gasteiger partial charge in [0.05, 0.1) is 7.11 Å². The van der Waals surface area contributed by atoms with Gasteiger partial charge in [0.2, 0.25) is 5.91 Å². The van der Waals surface area contributed by atoms with E-state index in [-0.39, 0.29) is 5.91 Å². The van der Waals surface area contributed by atoms with Crippen molar-refractivity contribution in [3.63, 3.8) is 0 Å². The lowest BCUT2D eigenvalue weighted by molar-refractivity contribution is -0.120. The van der Waals surface area contributed by atoms with E-state index in [1.807, 2.05) is 24.3 Å². The van der Waals surface area contributed by atoms with Gasteiger partial charge in [0.1, 0.15) is 5.75 Å². The molecule has 4 nitrogen and oxygen atoms in total. The van der Waals surface area contributed by atoms with Crippen molar-refractivity contribution in [1.29, 1.82) is 0 Å². The van der Waals surface area contributed by atoms with Crippen LogP contribution in [0.2, 0.25) is 0 Å². The quantitative estimate of drug-likeness (QED) is 0.726. The Hall–Kier alpha value is -2.49. The average molecular weight is 340 g/mol. The number of benzene rings is 2. The first kappa shape index (κ1) is 18.8. The monoisotopic (exact) mass is 340 g/mol. The molecule has 25 heavy (non-hydrogen) atoms. The molecule has 0 aliphatic heterocycles. The van der Waals surface area contributed by atoms with Gasteiger partial charge >= 0.3 is 0 Å². The predicted octanol–water partition coefficient (Wildman–Crippen LogP) is 3.98. The van der Waals surface area contributed by atoms with Crippen LogP contribution in [0, 0.1) is 0 Å². The standard InChI is InChI=1S/C21H28N2O2/c1-16(2)18-7-9-19(10-8-18)22-14-12-21(24)23-13-11-17-5-4-6-20(15-17)25-3/h4-10,15-16,22H,11-14H2,1-3H3,(H,23,24). The van der Waals surface area contributed by atoms with Crippen molar-refractivity contribution >= 4 is 11.6 Å². The second kappa shape index (κ2) is 9.72. The Morgan fingerprint density at radius 3 is 2.52 bits per heavy atom. The number of amides is 1. The van der Waals surface area contributed by atoms with Gasteiger partial charge in [-0.3, -0.25) is 4.79 Å². The zero-order chi connectivity index (χ0) is 18.1. The normalized spacial score (nSPS) is 10.6. The molecular formula is C21H28N2O2. The maximum Gasteiger partial charge on any atom is 0.221 e. The summed E-state index contributed by atoms with van der Waals surface area (Å²) in [7, 11) is 1.66. The minimum absolute atomic E-state index is 0.0641. The summed E-state index contributed by atoms with van der Waals surface area (Å²) in [5.74, 6) is 1.44. The van der Waals surface area contributed by atoms with E-state index < -0.39 is 0 Å². The molecule has 0 aliphatic carbocycles. The smallest absolute Gasteiger partial charge is 0.221 e. The van der Waals surface area contributed by atoms with Crippen LogP contribution in [0.25, 0.3) is 0 Å². The molecule has 2 rings (SSSR count). The molecule has 0 fully saturated rings. The van der Waals surface area contributed by atoms with Crippen LogP contribution in [0.4, 0.5) is 5.69 Å². The Morgan fingerprint density at radius 1 is 1.08 bits per heavy atom. The maximum atomic E-state index is 11.9. The third-order valence-electron chi connectivity index (χ3n) is 4.13. The van der Waals surface area contributed by atoms with E-state index in [2.05, 4.69) is 48.7 Å². The van der Waals surface area contributed by atoms with Gasteiger partial charge in [-0.15, -0.1) is 0 Å². The highest BCUT2D eigenvalue weighted by atomic mass is 16.5. The second-order valence-corrected chi connectivity index (χ2v) is 6.40. The second-order valence-electron chi connectivity index (χ2n) is 6.40. The Kier molecular flexibility index (Phi) is 7.33. The number of rotatable bonds is 9. The van der Waals surface area contributed by atoms with Crippen molar-refractivity contribution in [2.75, 3.05) is 25.5 Å². The van der Waals surface area contributed by atoms with Crippen LogP contribution in [-0.2, 0) is 11.2 Å². The van der Waals surface area contributed by atoms with Crippen molar-refractivity contribution in [2.24, 2.45) is 0 Å². The lowest BCUT2D eigenvalue weighted by Gasteiger charge is -2.10. The van der Waals surface area contributed by atoms with Crippen molar-refractivity contribution in [2.45, 2.75) is 32.6 Å². The first-order valence-electron chi connectivity index (χ1n) is 8.82. The average Bonchev–Trinajstić information content (AvgIpc) is 2.62. The minimum Gasteiger partial charge on any atom is -0.497 e. The Labute approximate surface area is 150 Å². The molecule has 1 amide bonds. The van der Waals surface area contributed by atoms with Gasteiger partial charge < -0.3 is 15.4 Å². The summed E-state index contributed by atoms with van der Waals surface area (Å²) < 4.78 is 5.20. The van der Waals surface area contributed by atoms with Crippen LogP contribution in [0.5, 0.6) is 5.75 Å². The summed E-state index contributed by atoms with van der Waals surface area (Å²) in [6.07, 6.45) is 1.26. The molecular weight excluding hydrogens is 312 g/mol. The van der Waals surface area contributed by atoms with E-state index in [0.29, 0.717) is 25.4 Å². The van der Waals surface area contributed by atoms with Crippen molar-refractivity contribution in [3.05, 3.63) is 59.7 Å². The van der Waals surface area contributed by atoms with Gasteiger partial charge in [0, 0.05) is 25.2 Å². The molecule has 0 heterocycles. The number of hydrogen-bond donors (Lipinski definition) is 2. The molecule has 0 bridgehead atoms. The van der Waals surface area contributed by atoms with Crippen LogP contribution >= 0.6 is 0 Å². The number of ether oxygens (including phenoxy) is 1. The van der Waals surface area contributed by atoms with Gasteiger partial charge in [0.15, 0.2) is 0 Å². The topological polar surface area (TPSA) is 50.4 Å². The molecule has 4 heteroatoms. The van der Waals surface area contributed by atoms with Gasteiger partial charge in [-0.2, -0.15) is 0 Å². The van der Waals surface area contributed by atoms with Gasteiger partial charge in [0.25, 0.3) is 0 Å². The highest BCUT2D eigenvalue weighted by Crippen LogP contribution is 2.17. The maximum absolute atomic E-state index is 11.9. The molecule has 134 valence electrons. The molecule has 0 spiro atoms. The highest BCUT2D eigenvalue weighted by molar-refractivity contribution is 5.76. The fraction of sp³-hybridized carbons (Fsp3) is 0.381. The van der Waals surface area contributed by atoms with Crippen molar-refractivity contribution in [1.82, 2.24) is 5.32 Å². The predicted molar refractivity (Wildman–Crippen MR) is 103 cm³/mol. The molecule has 0 saturated heterocycles. The van der Waals surface area contributed by atoms with E-state index in [1.165, 1.54) is 5.56 Å². The molecule has 0 radical (unpaired) electrons. The van der Waals surface area contributed by atoms with E-state index in [4.69, 9.17) is 4.74 Å². The summed E-state index contributed by atoms with van der Waals surface area (Å²) >= 11 is 0. The lowest BCUT2D eigenvalue weighted by Crippen LogP contribution is -2.27. The van der Waals surface area contributed by atoms with Gasteiger partial charge in [-0.05, 0) is 47.7 Å². The molecule has 2 aromatic rings. The third-order valence-corrected chi connectivity index (χ3v) is 4.13. The molecule has 0 saturated carbocycles. The first-order valence-corrected chi connectivity index (χ1v) is 8.82. The van der Waals surface area contributed by atoms with E-state index in [0.717, 1.165) is 23.4 Å². The Balaban J connectivity index is 1.65. The van der Waals surface area contributed by atoms with E-state index in [9.17, 15) is 4.79 Å². The fourth-order valence-corrected chi connectivity index (χ4v) is 2.57. The van der Waals surface area contributed by atoms with Crippen LogP contribution < -0.4 is 15.4 Å². The number of hydrogen-bond acceptors (Lipinski definition) is 3. The number of nitrogens with one attached hydrogen (secondary N) is 2. The Morgan fingerprint density at radius 2 is 1.84 bits per heavy atom. The van der Waals surface area contributed by atoms with E-state index >= 15 is 0 Å². The van der Waals surface area contributed by atoms with Crippen LogP contribution in [0.15, 0.2) is 48.5 Å². The highest BCUT2D eigenvalue weighted by Gasteiger charge is 2.03. The van der Waals surface area contributed by atoms with Gasteiger partial charge in [-0.25, -0.2) is 0 Å². The zero-order valence-corrected chi connectivity index (χ0v) is 15.3. The third kappa shape index (κ3) is 6.49. The fourth-order valence-electron chi connectivity index (χ4n) is 2.57. The summed E-state index contributed by atoms with van der Waals surface area (Å²) in [5.41, 5.74) is 3.53. The number of anilines is 1. The van der Waals surface area contributed by atoms with E-state index in [1.54, 1.807) is 7.11 Å². The van der Waals surface area contributed by atoms with Crippen LogP contribution in [-0.4, -0.2) is 26.1 Å². The number of carbonyl (C=O) groups excluding carboxylic acids is 1. The number of methoxy groups -OCH3 is 1. The van der Waals surface area contributed by atoms with Crippen LogP contribution in [0.1, 0.15) is 37.3 Å². The zero-order valence-electron chi connectivity index (χ0n) is 15.3. The number of carbonyl (C=O) groups is 1. The molecule has 2 aromatic carbocycles. The Bertz CT molecular complexity index is 666. The summed E-state index contributed by atoms with van der Waals surface area (Å²) in [5, 5.41) is 6.25. The summed E-state index contributed by atoms with van der Waals surface area (Å²) in [6, 6.07) is 16.3. The largest absolute Gasteiger partial charge is 0.497 e. The van der Waals surface area contributed by atoms with Crippen molar-refractivity contribution in [3.8, 4) is 5.75 Å². The minimum atomic E-state index is 0.0641.